The topological polar surface area (TPSA) is 84.2 Å². The third-order valence-corrected chi connectivity index (χ3v) is 3.67. The molecular formula is C19H23N3O2. The van der Waals surface area contributed by atoms with E-state index in [1.54, 1.807) is 0 Å². The van der Waals surface area contributed by atoms with Crippen LogP contribution in [0.4, 0.5) is 5.69 Å². The Labute approximate surface area is 142 Å². The van der Waals surface area contributed by atoms with Gasteiger partial charge in [0, 0.05) is 18.2 Å². The maximum absolute atomic E-state index is 11.7. The van der Waals surface area contributed by atoms with Crippen molar-refractivity contribution in [1.29, 1.82) is 0 Å². The minimum absolute atomic E-state index is 0.0151. The molecule has 2 aromatic rings. The first-order valence-corrected chi connectivity index (χ1v) is 7.95. The number of rotatable bonds is 7. The van der Waals surface area contributed by atoms with E-state index in [0.717, 1.165) is 16.8 Å². The van der Waals surface area contributed by atoms with Gasteiger partial charge in [-0.15, -0.1) is 0 Å². The number of hydrogen-bond acceptors (Lipinski definition) is 3. The maximum atomic E-state index is 11.7. The summed E-state index contributed by atoms with van der Waals surface area (Å²) in [6.45, 7) is 4.20. The largest absolute Gasteiger partial charge is 0.368 e. The summed E-state index contributed by atoms with van der Waals surface area (Å²) in [5.41, 5.74) is 8.09. The van der Waals surface area contributed by atoms with Gasteiger partial charge >= 0.3 is 0 Å². The lowest BCUT2D eigenvalue weighted by Gasteiger charge is -2.16. The second kappa shape index (κ2) is 8.26. The van der Waals surface area contributed by atoms with Crippen LogP contribution in [0.2, 0.25) is 0 Å². The average Bonchev–Trinajstić information content (AvgIpc) is 2.57. The van der Waals surface area contributed by atoms with Gasteiger partial charge in [-0.3, -0.25) is 14.9 Å². The summed E-state index contributed by atoms with van der Waals surface area (Å²) in [5, 5.41) is 6.01. The number of anilines is 1. The lowest BCUT2D eigenvalue weighted by Crippen LogP contribution is -2.33. The fourth-order valence-electron chi connectivity index (χ4n) is 2.24. The van der Waals surface area contributed by atoms with E-state index in [-0.39, 0.29) is 11.8 Å². The second-order valence-electron chi connectivity index (χ2n) is 5.97. The number of benzene rings is 2. The Bertz CT molecular complexity index is 682. The van der Waals surface area contributed by atoms with Gasteiger partial charge in [0.2, 0.25) is 11.8 Å². The predicted octanol–water partition coefficient (Wildman–Crippen LogP) is 2.60. The average molecular weight is 325 g/mol. The summed E-state index contributed by atoms with van der Waals surface area (Å²) < 4.78 is 0. The van der Waals surface area contributed by atoms with E-state index < -0.39 is 11.9 Å². The first kappa shape index (κ1) is 17.7. The summed E-state index contributed by atoms with van der Waals surface area (Å²) >= 11 is 0. The van der Waals surface area contributed by atoms with E-state index in [1.165, 1.54) is 0 Å². The van der Waals surface area contributed by atoms with Gasteiger partial charge in [-0.1, -0.05) is 56.3 Å². The standard InChI is InChI=1S/C19H23N3O2/c1-13(2)19(24)22-16-10-8-14(9-11-16)12-21-17(18(20)23)15-6-4-3-5-7-15/h3-11,13,17,21H,12H2,1-2H3,(H2,20,23)(H,22,24). The highest BCUT2D eigenvalue weighted by Crippen LogP contribution is 2.15. The molecule has 5 heteroatoms. The van der Waals surface area contributed by atoms with Crippen LogP contribution in [-0.4, -0.2) is 11.8 Å². The quantitative estimate of drug-likeness (QED) is 0.731. The van der Waals surface area contributed by atoms with E-state index in [4.69, 9.17) is 5.73 Å². The molecule has 24 heavy (non-hydrogen) atoms. The van der Waals surface area contributed by atoms with Crippen molar-refractivity contribution in [3.63, 3.8) is 0 Å². The Morgan fingerprint density at radius 3 is 2.17 bits per heavy atom. The number of carbonyl (C=O) groups excluding carboxylic acids is 2. The fraction of sp³-hybridized carbons (Fsp3) is 0.263. The monoisotopic (exact) mass is 325 g/mol. The van der Waals surface area contributed by atoms with Gasteiger partial charge in [0.25, 0.3) is 0 Å². The second-order valence-corrected chi connectivity index (χ2v) is 5.97. The van der Waals surface area contributed by atoms with Crippen molar-refractivity contribution < 1.29 is 9.59 Å². The highest BCUT2D eigenvalue weighted by molar-refractivity contribution is 5.92. The zero-order valence-corrected chi connectivity index (χ0v) is 14.0. The first-order valence-electron chi connectivity index (χ1n) is 7.95. The Morgan fingerprint density at radius 1 is 1.00 bits per heavy atom. The molecule has 0 spiro atoms. The van der Waals surface area contributed by atoms with E-state index in [2.05, 4.69) is 10.6 Å². The fourth-order valence-corrected chi connectivity index (χ4v) is 2.24. The highest BCUT2D eigenvalue weighted by atomic mass is 16.2. The minimum Gasteiger partial charge on any atom is -0.368 e. The van der Waals surface area contributed by atoms with Crippen molar-refractivity contribution in [3.05, 3.63) is 65.7 Å². The molecule has 0 aliphatic heterocycles. The molecule has 0 aromatic heterocycles. The van der Waals surface area contributed by atoms with Crippen LogP contribution in [0.5, 0.6) is 0 Å². The Morgan fingerprint density at radius 2 is 1.62 bits per heavy atom. The molecular weight excluding hydrogens is 302 g/mol. The van der Waals surface area contributed by atoms with Crippen LogP contribution >= 0.6 is 0 Å². The van der Waals surface area contributed by atoms with Crippen LogP contribution in [0.25, 0.3) is 0 Å². The molecule has 0 aliphatic rings. The molecule has 2 rings (SSSR count). The third-order valence-electron chi connectivity index (χ3n) is 3.67. The van der Waals surface area contributed by atoms with Crippen molar-refractivity contribution >= 4 is 17.5 Å². The molecule has 2 aromatic carbocycles. The van der Waals surface area contributed by atoms with Crippen molar-refractivity contribution in [2.24, 2.45) is 11.7 Å². The number of nitrogens with one attached hydrogen (secondary N) is 2. The lowest BCUT2D eigenvalue weighted by molar-refractivity contribution is -0.120. The predicted molar refractivity (Wildman–Crippen MR) is 95.1 cm³/mol. The molecule has 0 radical (unpaired) electrons. The number of nitrogens with two attached hydrogens (primary N) is 1. The zero-order chi connectivity index (χ0) is 17.5. The van der Waals surface area contributed by atoms with Crippen molar-refractivity contribution in [1.82, 2.24) is 5.32 Å². The maximum Gasteiger partial charge on any atom is 0.239 e. The summed E-state index contributed by atoms with van der Waals surface area (Å²) in [4.78, 5) is 23.3. The summed E-state index contributed by atoms with van der Waals surface area (Å²) in [6, 6.07) is 16.4. The van der Waals surface area contributed by atoms with Crippen LogP contribution in [0.15, 0.2) is 54.6 Å². The van der Waals surface area contributed by atoms with E-state index in [1.807, 2.05) is 68.4 Å². The van der Waals surface area contributed by atoms with Gasteiger partial charge in [-0.25, -0.2) is 0 Å². The molecule has 1 atom stereocenters. The SMILES string of the molecule is CC(C)C(=O)Nc1ccc(CNC(C(N)=O)c2ccccc2)cc1. The van der Waals surface area contributed by atoms with Gasteiger partial charge in [0.1, 0.15) is 6.04 Å². The molecule has 0 saturated carbocycles. The Balaban J connectivity index is 1.98. The lowest BCUT2D eigenvalue weighted by atomic mass is 10.1. The summed E-state index contributed by atoms with van der Waals surface area (Å²) in [5.74, 6) is -0.491. The molecule has 4 N–H and O–H groups in total. The zero-order valence-electron chi connectivity index (χ0n) is 14.0. The number of carbonyl (C=O) groups is 2. The van der Waals surface area contributed by atoms with Gasteiger partial charge in [0.05, 0.1) is 0 Å². The van der Waals surface area contributed by atoms with Crippen LogP contribution in [-0.2, 0) is 16.1 Å². The van der Waals surface area contributed by atoms with E-state index in [9.17, 15) is 9.59 Å². The third kappa shape index (κ3) is 4.93. The van der Waals surface area contributed by atoms with E-state index in [0.29, 0.717) is 6.54 Å². The smallest absolute Gasteiger partial charge is 0.239 e. The molecule has 2 amide bonds. The summed E-state index contributed by atoms with van der Waals surface area (Å²) in [7, 11) is 0. The van der Waals surface area contributed by atoms with Gasteiger partial charge in [-0.05, 0) is 23.3 Å². The Kier molecular flexibility index (Phi) is 6.09. The van der Waals surface area contributed by atoms with Crippen LogP contribution in [0.3, 0.4) is 0 Å². The molecule has 1 unspecified atom stereocenters. The highest BCUT2D eigenvalue weighted by Gasteiger charge is 2.16. The molecule has 0 heterocycles. The van der Waals surface area contributed by atoms with Crippen molar-refractivity contribution in [3.8, 4) is 0 Å². The molecule has 126 valence electrons. The van der Waals surface area contributed by atoms with Crippen LogP contribution in [0.1, 0.15) is 31.0 Å². The van der Waals surface area contributed by atoms with Gasteiger partial charge in [0.15, 0.2) is 0 Å². The van der Waals surface area contributed by atoms with Crippen molar-refractivity contribution in [2.45, 2.75) is 26.4 Å². The minimum atomic E-state index is -0.536. The molecule has 0 fully saturated rings. The Hall–Kier alpha value is -2.66. The van der Waals surface area contributed by atoms with Gasteiger partial charge < -0.3 is 11.1 Å². The van der Waals surface area contributed by atoms with Crippen LogP contribution < -0.4 is 16.4 Å². The molecule has 0 bridgehead atoms. The van der Waals surface area contributed by atoms with Gasteiger partial charge in [-0.2, -0.15) is 0 Å². The normalized spacial score (nSPS) is 12.0. The van der Waals surface area contributed by atoms with E-state index >= 15 is 0 Å². The van der Waals surface area contributed by atoms with Crippen molar-refractivity contribution in [2.75, 3.05) is 5.32 Å². The van der Waals surface area contributed by atoms with Crippen LogP contribution in [0, 0.1) is 5.92 Å². The number of amides is 2. The molecule has 0 saturated heterocycles. The summed E-state index contributed by atoms with van der Waals surface area (Å²) in [6.07, 6.45) is 0. The number of hydrogen-bond donors (Lipinski definition) is 3. The molecule has 0 aliphatic carbocycles. The number of primary amides is 1. The first-order chi connectivity index (χ1) is 11.5. The molecule has 5 nitrogen and oxygen atoms in total.